The smallest absolute Gasteiger partial charge is 0.220 e. The van der Waals surface area contributed by atoms with Crippen LogP contribution in [-0.4, -0.2) is 27.3 Å². The fourth-order valence-corrected chi connectivity index (χ4v) is 4.34. The topological polar surface area (TPSA) is 69.0 Å². The fraction of sp³-hybridized carbons (Fsp3) is 0.321. The Labute approximate surface area is 201 Å². The molecule has 2 aromatic carbocycles. The zero-order valence-corrected chi connectivity index (χ0v) is 20.6. The molecule has 34 heavy (non-hydrogen) atoms. The number of carbonyl (C=O) groups is 1. The molecular weight excluding hydrogens is 424 g/mol. The van der Waals surface area contributed by atoms with Crippen LogP contribution in [0.4, 0.5) is 0 Å². The minimum Gasteiger partial charge on any atom is -0.478 e. The van der Waals surface area contributed by atoms with Gasteiger partial charge < -0.3 is 10.1 Å². The quantitative estimate of drug-likeness (QED) is 0.391. The number of nitrogens with one attached hydrogen (secondary N) is 1. The lowest BCUT2D eigenvalue weighted by Gasteiger charge is -2.14. The van der Waals surface area contributed by atoms with E-state index in [9.17, 15) is 4.79 Å². The van der Waals surface area contributed by atoms with Crippen LogP contribution < -0.4 is 10.1 Å². The van der Waals surface area contributed by atoms with Crippen LogP contribution in [0.2, 0.25) is 0 Å². The third-order valence-corrected chi connectivity index (χ3v) is 6.19. The van der Waals surface area contributed by atoms with Crippen molar-refractivity contribution in [2.45, 2.75) is 54.0 Å². The molecule has 0 unspecified atom stereocenters. The van der Waals surface area contributed by atoms with Crippen molar-refractivity contribution in [1.82, 2.24) is 20.1 Å². The number of nitrogens with zero attached hydrogens (tertiary/aromatic N) is 3. The minimum absolute atomic E-state index is 0.0135. The summed E-state index contributed by atoms with van der Waals surface area (Å²) in [5.74, 6) is 0.589. The molecule has 6 nitrogen and oxygen atoms in total. The highest BCUT2D eigenvalue weighted by Gasteiger charge is 2.20. The van der Waals surface area contributed by atoms with Gasteiger partial charge in [0, 0.05) is 23.9 Å². The molecule has 4 rings (SSSR count). The fourth-order valence-electron chi connectivity index (χ4n) is 4.34. The van der Waals surface area contributed by atoms with Gasteiger partial charge in [-0.3, -0.25) is 4.79 Å². The van der Waals surface area contributed by atoms with E-state index in [1.54, 1.807) is 0 Å². The SMILES string of the molecule is CCOc1nc2c(c(C)nn2-c2ccccc2)c(C)c1CCC(=O)NCc1cc(C)ccc1C. The Bertz CT molecular complexity index is 1330. The summed E-state index contributed by atoms with van der Waals surface area (Å²) >= 11 is 0. The van der Waals surface area contributed by atoms with E-state index in [0.717, 1.165) is 39.1 Å². The zero-order valence-electron chi connectivity index (χ0n) is 20.6. The van der Waals surface area contributed by atoms with Gasteiger partial charge in [-0.25, -0.2) is 4.68 Å². The molecule has 4 aromatic rings. The number of pyridine rings is 1. The molecule has 1 N–H and O–H groups in total. The second-order valence-electron chi connectivity index (χ2n) is 8.69. The lowest BCUT2D eigenvalue weighted by Crippen LogP contribution is -2.23. The average Bonchev–Trinajstić information content (AvgIpc) is 3.16. The van der Waals surface area contributed by atoms with Crippen LogP contribution in [-0.2, 0) is 17.8 Å². The zero-order chi connectivity index (χ0) is 24.2. The van der Waals surface area contributed by atoms with Gasteiger partial charge in [0.15, 0.2) is 5.65 Å². The van der Waals surface area contributed by atoms with Gasteiger partial charge in [-0.1, -0.05) is 42.0 Å². The number of rotatable bonds is 8. The summed E-state index contributed by atoms with van der Waals surface area (Å²) in [6.45, 7) is 11.2. The molecule has 1 amide bonds. The van der Waals surface area contributed by atoms with Crippen LogP contribution in [0.25, 0.3) is 16.7 Å². The van der Waals surface area contributed by atoms with E-state index in [2.05, 4.69) is 44.3 Å². The Hall–Kier alpha value is -3.67. The summed E-state index contributed by atoms with van der Waals surface area (Å²) < 4.78 is 7.79. The Kier molecular flexibility index (Phi) is 6.96. The van der Waals surface area contributed by atoms with E-state index in [1.165, 1.54) is 11.1 Å². The Morgan fingerprint density at radius 3 is 2.56 bits per heavy atom. The van der Waals surface area contributed by atoms with Crippen molar-refractivity contribution in [1.29, 1.82) is 0 Å². The first-order valence-electron chi connectivity index (χ1n) is 11.8. The number of fused-ring (bicyclic) bond motifs is 1. The number of ether oxygens (including phenoxy) is 1. The van der Waals surface area contributed by atoms with E-state index < -0.39 is 0 Å². The number of hydrogen-bond donors (Lipinski definition) is 1. The summed E-state index contributed by atoms with van der Waals surface area (Å²) in [5, 5.41) is 8.83. The van der Waals surface area contributed by atoms with E-state index in [1.807, 2.05) is 48.9 Å². The van der Waals surface area contributed by atoms with Gasteiger partial charge in [0.1, 0.15) is 0 Å². The van der Waals surface area contributed by atoms with Crippen molar-refractivity contribution < 1.29 is 9.53 Å². The molecule has 176 valence electrons. The van der Waals surface area contributed by atoms with Crippen LogP contribution >= 0.6 is 0 Å². The van der Waals surface area contributed by atoms with Crippen LogP contribution in [0, 0.1) is 27.7 Å². The molecule has 0 saturated carbocycles. The number of carbonyl (C=O) groups excluding carboxylic acids is 1. The number of para-hydroxylation sites is 1. The number of aromatic nitrogens is 3. The van der Waals surface area contributed by atoms with Crippen LogP contribution in [0.1, 0.15) is 46.9 Å². The first kappa shape index (κ1) is 23.5. The second-order valence-corrected chi connectivity index (χ2v) is 8.69. The second kappa shape index (κ2) is 10.1. The number of hydrogen-bond acceptors (Lipinski definition) is 4. The molecule has 0 saturated heterocycles. The lowest BCUT2D eigenvalue weighted by molar-refractivity contribution is -0.121. The van der Waals surface area contributed by atoms with Crippen molar-refractivity contribution in [3.8, 4) is 11.6 Å². The molecular formula is C28H32N4O2. The Morgan fingerprint density at radius 1 is 1.06 bits per heavy atom. The summed E-state index contributed by atoms with van der Waals surface area (Å²) in [4.78, 5) is 17.6. The van der Waals surface area contributed by atoms with Crippen LogP contribution in [0.5, 0.6) is 5.88 Å². The van der Waals surface area contributed by atoms with Crippen molar-refractivity contribution in [3.63, 3.8) is 0 Å². The first-order valence-corrected chi connectivity index (χ1v) is 11.8. The molecule has 0 radical (unpaired) electrons. The van der Waals surface area contributed by atoms with Gasteiger partial charge in [-0.2, -0.15) is 10.1 Å². The maximum absolute atomic E-state index is 12.7. The molecule has 0 fully saturated rings. The highest BCUT2D eigenvalue weighted by atomic mass is 16.5. The highest BCUT2D eigenvalue weighted by Crippen LogP contribution is 2.32. The van der Waals surface area contributed by atoms with Gasteiger partial charge in [-0.15, -0.1) is 0 Å². The van der Waals surface area contributed by atoms with Gasteiger partial charge in [0.25, 0.3) is 0 Å². The van der Waals surface area contributed by atoms with Crippen molar-refractivity contribution >= 4 is 16.9 Å². The lowest BCUT2D eigenvalue weighted by atomic mass is 10.0. The first-order chi connectivity index (χ1) is 16.4. The molecule has 0 aliphatic heterocycles. The molecule has 0 atom stereocenters. The Balaban J connectivity index is 1.58. The third-order valence-electron chi connectivity index (χ3n) is 6.19. The molecule has 0 bridgehead atoms. The summed E-state index contributed by atoms with van der Waals surface area (Å²) in [5.41, 5.74) is 8.18. The molecule has 0 spiro atoms. The van der Waals surface area contributed by atoms with E-state index in [4.69, 9.17) is 14.8 Å². The predicted octanol–water partition coefficient (Wildman–Crippen LogP) is 5.30. The van der Waals surface area contributed by atoms with Crippen molar-refractivity contribution in [2.24, 2.45) is 0 Å². The molecule has 6 heteroatoms. The minimum atomic E-state index is 0.0135. The Morgan fingerprint density at radius 2 is 1.82 bits per heavy atom. The average molecular weight is 457 g/mol. The van der Waals surface area contributed by atoms with Crippen molar-refractivity contribution in [3.05, 3.63) is 82.0 Å². The standard InChI is InChI=1S/C28H32N4O2/c1-6-34-28-24(14-15-25(33)29-17-22-16-18(2)12-13-19(22)3)20(4)26-21(5)31-32(27(26)30-28)23-10-8-7-9-11-23/h7-13,16H,6,14-15,17H2,1-5H3,(H,29,33). The summed E-state index contributed by atoms with van der Waals surface area (Å²) in [6, 6.07) is 16.3. The monoisotopic (exact) mass is 456 g/mol. The molecule has 0 aliphatic rings. The maximum Gasteiger partial charge on any atom is 0.220 e. The third kappa shape index (κ3) is 4.81. The van der Waals surface area contributed by atoms with E-state index in [-0.39, 0.29) is 5.91 Å². The van der Waals surface area contributed by atoms with Crippen molar-refractivity contribution in [2.75, 3.05) is 6.61 Å². The van der Waals surface area contributed by atoms with Crippen LogP contribution in [0.3, 0.4) is 0 Å². The van der Waals surface area contributed by atoms with Gasteiger partial charge in [-0.05, 0) is 69.9 Å². The van der Waals surface area contributed by atoms with E-state index >= 15 is 0 Å². The summed E-state index contributed by atoms with van der Waals surface area (Å²) in [6.07, 6.45) is 0.920. The molecule has 2 heterocycles. The number of amides is 1. The highest BCUT2D eigenvalue weighted by molar-refractivity contribution is 5.86. The largest absolute Gasteiger partial charge is 0.478 e. The maximum atomic E-state index is 12.7. The molecule has 0 aliphatic carbocycles. The normalized spacial score (nSPS) is 11.1. The van der Waals surface area contributed by atoms with E-state index in [0.29, 0.717) is 31.9 Å². The number of benzene rings is 2. The number of aryl methyl sites for hydroxylation is 4. The summed E-state index contributed by atoms with van der Waals surface area (Å²) in [7, 11) is 0. The van der Waals surface area contributed by atoms with Gasteiger partial charge in [0.05, 0.1) is 18.0 Å². The van der Waals surface area contributed by atoms with Gasteiger partial charge >= 0.3 is 0 Å². The predicted molar refractivity (Wildman–Crippen MR) is 136 cm³/mol. The van der Waals surface area contributed by atoms with Gasteiger partial charge in [0.2, 0.25) is 11.8 Å². The molecule has 2 aromatic heterocycles. The van der Waals surface area contributed by atoms with Crippen LogP contribution in [0.15, 0.2) is 48.5 Å².